The largest absolute Gasteiger partial charge is 0.481 e. The molecule has 0 spiro atoms. The first-order chi connectivity index (χ1) is 26.5. The Morgan fingerprint density at radius 3 is 1.29 bits per heavy atom. The molecule has 0 fully saturated rings. The molecule has 4 amide bonds. The van der Waals surface area contributed by atoms with Gasteiger partial charge in [0.05, 0.1) is 39.6 Å². The maximum atomic E-state index is 12.3. The molecule has 55 heavy (non-hydrogen) atoms. The van der Waals surface area contributed by atoms with E-state index in [1.165, 1.54) is 38.5 Å². The zero-order valence-electron chi connectivity index (χ0n) is 32.4. The Bertz CT molecular complexity index is 1080. The molecule has 0 radical (unpaired) electrons. The van der Waals surface area contributed by atoms with Crippen LogP contribution in [0.4, 0.5) is 0 Å². The number of nitrogens with one attached hydrogen (secondary N) is 4. The standard InChI is InChI=1S/C37H66N4O14/c42-31(38-19-21-52-23-25-54-28-33(44)39-20-22-53-24-26-55-29-34(45)40-27-36(48)49)18-17-30(37(50)51)41-32(43)15-13-11-9-7-5-3-1-2-4-6-8-10-12-14-16-35(46)47/h30H,1-29H2,(H,38,42)(H,39,44)(H,40,45)(H,41,43)(H,46,47)(H,48,49)(H,50,51)/t30-/m1/s1. The molecule has 0 aliphatic heterocycles. The van der Waals surface area contributed by atoms with Gasteiger partial charge in [0.25, 0.3) is 0 Å². The van der Waals surface area contributed by atoms with Crippen LogP contribution in [0.3, 0.4) is 0 Å². The van der Waals surface area contributed by atoms with Gasteiger partial charge < -0.3 is 55.5 Å². The highest BCUT2D eigenvalue weighted by Gasteiger charge is 2.20. The summed E-state index contributed by atoms with van der Waals surface area (Å²) >= 11 is 0. The van der Waals surface area contributed by atoms with Crippen molar-refractivity contribution in [3.05, 3.63) is 0 Å². The van der Waals surface area contributed by atoms with Crippen LogP contribution in [-0.2, 0) is 52.5 Å². The third-order valence-electron chi connectivity index (χ3n) is 8.12. The minimum absolute atomic E-state index is 0.0331. The van der Waals surface area contributed by atoms with Crippen molar-refractivity contribution >= 4 is 41.5 Å². The van der Waals surface area contributed by atoms with Crippen LogP contribution in [0.1, 0.15) is 116 Å². The number of rotatable bonds is 40. The van der Waals surface area contributed by atoms with Crippen LogP contribution in [0.25, 0.3) is 0 Å². The van der Waals surface area contributed by atoms with Gasteiger partial charge in [-0.05, 0) is 19.3 Å². The summed E-state index contributed by atoms with van der Waals surface area (Å²) in [5.41, 5.74) is 0. The van der Waals surface area contributed by atoms with E-state index in [0.29, 0.717) is 6.42 Å². The molecular weight excluding hydrogens is 724 g/mol. The van der Waals surface area contributed by atoms with E-state index in [1.54, 1.807) is 0 Å². The Morgan fingerprint density at radius 2 is 0.836 bits per heavy atom. The first kappa shape index (κ1) is 51.1. The number of unbranched alkanes of at least 4 members (excludes halogenated alkanes) is 13. The van der Waals surface area contributed by atoms with Crippen LogP contribution in [0, 0.1) is 0 Å². The highest BCUT2D eigenvalue weighted by Crippen LogP contribution is 2.14. The lowest BCUT2D eigenvalue weighted by molar-refractivity contribution is -0.142. The van der Waals surface area contributed by atoms with Crippen molar-refractivity contribution in [1.82, 2.24) is 21.3 Å². The maximum Gasteiger partial charge on any atom is 0.326 e. The maximum absolute atomic E-state index is 12.3. The molecule has 0 heterocycles. The molecule has 0 aromatic rings. The minimum atomic E-state index is -1.19. The highest BCUT2D eigenvalue weighted by atomic mass is 16.5. The predicted molar refractivity (Wildman–Crippen MR) is 200 cm³/mol. The number of carboxylic acid groups (broad SMARTS) is 3. The average Bonchev–Trinajstić information content (AvgIpc) is 3.14. The molecule has 0 bridgehead atoms. The third kappa shape index (κ3) is 38.2. The molecule has 18 heteroatoms. The fraction of sp³-hybridized carbons (Fsp3) is 0.811. The second kappa shape index (κ2) is 37.1. The second-order valence-corrected chi connectivity index (χ2v) is 13.0. The van der Waals surface area contributed by atoms with E-state index in [9.17, 15) is 38.7 Å². The number of amides is 4. The van der Waals surface area contributed by atoms with Crippen molar-refractivity contribution in [2.24, 2.45) is 0 Å². The van der Waals surface area contributed by atoms with Gasteiger partial charge in [0.1, 0.15) is 25.8 Å². The topological polar surface area (TPSA) is 265 Å². The molecule has 0 aliphatic rings. The molecular formula is C37H66N4O14. The van der Waals surface area contributed by atoms with Crippen LogP contribution in [-0.4, -0.2) is 135 Å². The lowest BCUT2D eigenvalue weighted by Gasteiger charge is -2.14. The third-order valence-corrected chi connectivity index (χ3v) is 8.12. The van der Waals surface area contributed by atoms with Crippen molar-refractivity contribution in [3.63, 3.8) is 0 Å². The van der Waals surface area contributed by atoms with Gasteiger partial charge in [-0.25, -0.2) is 4.79 Å². The lowest BCUT2D eigenvalue weighted by atomic mass is 10.0. The fourth-order valence-electron chi connectivity index (χ4n) is 5.14. The van der Waals surface area contributed by atoms with Gasteiger partial charge in [-0.3, -0.25) is 28.8 Å². The summed E-state index contributed by atoms with van der Waals surface area (Å²) in [6.07, 6.45) is 15.4. The monoisotopic (exact) mass is 790 g/mol. The Kier molecular flexibility index (Phi) is 34.5. The van der Waals surface area contributed by atoms with E-state index in [1.807, 2.05) is 0 Å². The number of ether oxygens (including phenoxy) is 4. The Labute approximate surface area is 324 Å². The normalized spacial score (nSPS) is 11.4. The molecule has 0 aromatic carbocycles. The average molecular weight is 791 g/mol. The molecule has 1 atom stereocenters. The molecule has 0 aromatic heterocycles. The van der Waals surface area contributed by atoms with Crippen molar-refractivity contribution in [3.8, 4) is 0 Å². The van der Waals surface area contributed by atoms with Crippen LogP contribution in [0.15, 0.2) is 0 Å². The van der Waals surface area contributed by atoms with E-state index in [4.69, 9.17) is 29.2 Å². The van der Waals surface area contributed by atoms with Gasteiger partial charge >= 0.3 is 17.9 Å². The van der Waals surface area contributed by atoms with Gasteiger partial charge in [-0.2, -0.15) is 0 Å². The SMILES string of the molecule is O=C(O)CCCCCCCCCCCCCCCCC(=O)N[C@H](CCC(=O)NCCOCCOCC(=O)NCCOCCOCC(=O)NCC(=O)O)C(=O)O. The molecule has 0 unspecified atom stereocenters. The number of hydrogen-bond donors (Lipinski definition) is 7. The molecule has 7 N–H and O–H groups in total. The van der Waals surface area contributed by atoms with Crippen LogP contribution in [0.2, 0.25) is 0 Å². The molecule has 0 rings (SSSR count). The van der Waals surface area contributed by atoms with Crippen molar-refractivity contribution in [1.29, 1.82) is 0 Å². The van der Waals surface area contributed by atoms with Crippen LogP contribution >= 0.6 is 0 Å². The van der Waals surface area contributed by atoms with Gasteiger partial charge in [0.15, 0.2) is 0 Å². The first-order valence-corrected chi connectivity index (χ1v) is 19.6. The van der Waals surface area contributed by atoms with Crippen LogP contribution < -0.4 is 21.3 Å². The Balaban J connectivity index is 3.66. The molecule has 18 nitrogen and oxygen atoms in total. The minimum Gasteiger partial charge on any atom is -0.481 e. The summed E-state index contributed by atoms with van der Waals surface area (Å²) in [5, 5.41) is 36.5. The summed E-state index contributed by atoms with van der Waals surface area (Å²) in [7, 11) is 0. The van der Waals surface area contributed by atoms with Crippen molar-refractivity contribution < 1.29 is 67.8 Å². The van der Waals surface area contributed by atoms with Gasteiger partial charge in [0, 0.05) is 32.4 Å². The zero-order valence-corrected chi connectivity index (χ0v) is 32.4. The van der Waals surface area contributed by atoms with E-state index < -0.39 is 36.4 Å². The van der Waals surface area contributed by atoms with Crippen molar-refractivity contribution in [2.45, 2.75) is 122 Å². The van der Waals surface area contributed by atoms with E-state index >= 15 is 0 Å². The highest BCUT2D eigenvalue weighted by molar-refractivity contribution is 5.84. The Hall–Kier alpha value is -3.87. The van der Waals surface area contributed by atoms with E-state index in [0.717, 1.165) is 44.9 Å². The molecule has 0 aliphatic carbocycles. The summed E-state index contributed by atoms with van der Waals surface area (Å²) in [6, 6.07) is -1.15. The number of hydrogen-bond acceptors (Lipinski definition) is 11. The molecule has 0 saturated heterocycles. The predicted octanol–water partition coefficient (Wildman–Crippen LogP) is 2.16. The molecule has 0 saturated carbocycles. The summed E-state index contributed by atoms with van der Waals surface area (Å²) in [5.74, 6) is -4.65. The van der Waals surface area contributed by atoms with Gasteiger partial charge in [-0.1, -0.05) is 77.0 Å². The number of carbonyl (C=O) groups is 7. The van der Waals surface area contributed by atoms with Crippen molar-refractivity contribution in [2.75, 3.05) is 72.5 Å². The van der Waals surface area contributed by atoms with Gasteiger partial charge in [-0.15, -0.1) is 0 Å². The summed E-state index contributed by atoms with van der Waals surface area (Å²) in [6.45, 7) is 0.549. The van der Waals surface area contributed by atoms with Gasteiger partial charge in [0.2, 0.25) is 23.6 Å². The zero-order chi connectivity index (χ0) is 40.8. The molecule has 318 valence electrons. The fourth-order valence-corrected chi connectivity index (χ4v) is 5.14. The first-order valence-electron chi connectivity index (χ1n) is 19.6. The van der Waals surface area contributed by atoms with E-state index in [-0.39, 0.29) is 109 Å². The van der Waals surface area contributed by atoms with Crippen LogP contribution in [0.5, 0.6) is 0 Å². The summed E-state index contributed by atoms with van der Waals surface area (Å²) < 4.78 is 20.9. The lowest BCUT2D eigenvalue weighted by Crippen LogP contribution is -2.41. The number of carboxylic acids is 3. The second-order valence-electron chi connectivity index (χ2n) is 13.0. The Morgan fingerprint density at radius 1 is 0.418 bits per heavy atom. The van der Waals surface area contributed by atoms with E-state index in [2.05, 4.69) is 21.3 Å². The number of aliphatic carboxylic acids is 3. The summed E-state index contributed by atoms with van der Waals surface area (Å²) in [4.78, 5) is 79.9. The quantitative estimate of drug-likeness (QED) is 0.0439. The number of carbonyl (C=O) groups excluding carboxylic acids is 4. The smallest absolute Gasteiger partial charge is 0.326 e.